The molecule has 0 bridgehead atoms. The van der Waals surface area contributed by atoms with E-state index in [0.717, 1.165) is 18.4 Å². The first-order valence-electron chi connectivity index (χ1n) is 14.6. The molecule has 7 heteroatoms. The largest absolute Gasteiger partial charge is 0.329 e. The topological polar surface area (TPSA) is 55.9 Å². The molecule has 37 heavy (non-hydrogen) atoms. The van der Waals surface area contributed by atoms with Gasteiger partial charge in [-0.15, -0.1) is 0 Å². The van der Waals surface area contributed by atoms with Crippen LogP contribution in [0.4, 0.5) is 0 Å². The predicted octanol–water partition coefficient (Wildman–Crippen LogP) is 4.99. The van der Waals surface area contributed by atoms with E-state index in [-0.39, 0.29) is 29.9 Å². The van der Waals surface area contributed by atoms with Gasteiger partial charge in [0.25, 0.3) is 5.91 Å². The average molecular weight is 529 g/mol. The fourth-order valence-corrected chi connectivity index (χ4v) is 7.70. The van der Waals surface area contributed by atoms with Crippen LogP contribution >= 0.6 is 11.6 Å². The van der Waals surface area contributed by atoms with Gasteiger partial charge in [0.15, 0.2) is 0 Å². The number of hydrogen-bond acceptors (Lipinski definition) is 4. The van der Waals surface area contributed by atoms with Crippen LogP contribution in [0.5, 0.6) is 0 Å². The van der Waals surface area contributed by atoms with Gasteiger partial charge in [-0.05, 0) is 64.2 Å². The van der Waals surface area contributed by atoms with Crippen LogP contribution in [0, 0.1) is 0 Å². The highest BCUT2D eigenvalue weighted by atomic mass is 35.5. The summed E-state index contributed by atoms with van der Waals surface area (Å²) >= 11 is 6.12. The fourth-order valence-electron chi connectivity index (χ4n) is 7.57. The van der Waals surface area contributed by atoms with Gasteiger partial charge in [0.2, 0.25) is 5.91 Å². The van der Waals surface area contributed by atoms with Crippen LogP contribution in [0.3, 0.4) is 0 Å². The number of amides is 2. The summed E-state index contributed by atoms with van der Waals surface area (Å²) in [5.74, 6) is 0.170. The lowest BCUT2D eigenvalue weighted by molar-refractivity contribution is -0.187. The van der Waals surface area contributed by atoms with Gasteiger partial charge >= 0.3 is 0 Å². The Kier molecular flexibility index (Phi) is 7.91. The zero-order valence-corrected chi connectivity index (χ0v) is 23.7. The second-order valence-electron chi connectivity index (χ2n) is 12.5. The third-order valence-electron chi connectivity index (χ3n) is 9.57. The number of rotatable bonds is 4. The van der Waals surface area contributed by atoms with Gasteiger partial charge in [0.05, 0.1) is 0 Å². The van der Waals surface area contributed by atoms with Crippen LogP contribution in [0.2, 0.25) is 5.02 Å². The van der Waals surface area contributed by atoms with E-state index in [9.17, 15) is 9.59 Å². The van der Waals surface area contributed by atoms with Crippen molar-refractivity contribution in [2.45, 2.75) is 121 Å². The standard InChI is InChI=1S/C30H45ClN4O2/c1-22(2)34-19-27(36)35(18-24-11-13-25(31)14-12-24)30(28(34)37)20-33(21-30)26-15-10-23(3)32-29(26)16-8-6-4-5-7-9-17-29/h11-14,22-23,26,32H,4-10,15-21H2,1-3H3. The normalized spacial score (nSPS) is 28.8. The first-order valence-corrected chi connectivity index (χ1v) is 15.0. The summed E-state index contributed by atoms with van der Waals surface area (Å²) in [4.78, 5) is 33.8. The molecule has 2 spiro atoms. The smallest absolute Gasteiger partial charge is 0.251 e. The van der Waals surface area contributed by atoms with Crippen molar-refractivity contribution in [1.29, 1.82) is 0 Å². The molecule has 3 heterocycles. The molecule has 2 atom stereocenters. The molecule has 2 amide bonds. The number of benzene rings is 1. The highest BCUT2D eigenvalue weighted by Crippen LogP contribution is 2.44. The maximum absolute atomic E-state index is 14.0. The Morgan fingerprint density at radius 1 is 0.973 bits per heavy atom. The van der Waals surface area contributed by atoms with Crippen molar-refractivity contribution >= 4 is 23.4 Å². The van der Waals surface area contributed by atoms with Gasteiger partial charge in [-0.3, -0.25) is 14.5 Å². The number of carbonyl (C=O) groups is 2. The van der Waals surface area contributed by atoms with E-state index < -0.39 is 5.54 Å². The molecule has 3 aliphatic heterocycles. The van der Waals surface area contributed by atoms with Crippen LogP contribution in [0.1, 0.15) is 90.5 Å². The van der Waals surface area contributed by atoms with E-state index in [0.29, 0.717) is 36.7 Å². The van der Waals surface area contributed by atoms with E-state index in [1.54, 1.807) is 4.90 Å². The minimum atomic E-state index is -0.776. The second kappa shape index (κ2) is 10.9. The highest BCUT2D eigenvalue weighted by Gasteiger charge is 2.62. The zero-order chi connectivity index (χ0) is 26.2. The van der Waals surface area contributed by atoms with Gasteiger partial charge < -0.3 is 15.1 Å². The summed E-state index contributed by atoms with van der Waals surface area (Å²) in [5.41, 5.74) is 0.355. The molecule has 1 aliphatic carbocycles. The number of hydrogen-bond donors (Lipinski definition) is 1. The maximum atomic E-state index is 14.0. The fraction of sp³-hybridized carbons (Fsp3) is 0.733. The van der Waals surface area contributed by atoms with E-state index in [2.05, 4.69) is 17.1 Å². The molecular weight excluding hydrogens is 484 g/mol. The lowest BCUT2D eigenvalue weighted by Crippen LogP contribution is -2.84. The SMILES string of the molecule is CC1CCC(N2CC3(C2)C(=O)N(C(C)C)CC(=O)N3Cc2ccc(Cl)cc2)C2(CCCCCCCC2)N1. The average Bonchev–Trinajstić information content (AvgIpc) is 2.95. The monoisotopic (exact) mass is 528 g/mol. The van der Waals surface area contributed by atoms with E-state index >= 15 is 0 Å². The molecule has 1 aromatic carbocycles. The van der Waals surface area contributed by atoms with Crippen LogP contribution in [0.15, 0.2) is 24.3 Å². The highest BCUT2D eigenvalue weighted by molar-refractivity contribution is 6.30. The summed E-state index contributed by atoms with van der Waals surface area (Å²) in [5, 5.41) is 4.77. The molecule has 6 nitrogen and oxygen atoms in total. The Morgan fingerprint density at radius 3 is 2.22 bits per heavy atom. The van der Waals surface area contributed by atoms with Gasteiger partial charge in [0, 0.05) is 48.3 Å². The number of piperazine rings is 1. The van der Waals surface area contributed by atoms with E-state index in [1.807, 2.05) is 43.0 Å². The number of piperidine rings is 1. The summed E-state index contributed by atoms with van der Waals surface area (Å²) < 4.78 is 0. The van der Waals surface area contributed by atoms with Gasteiger partial charge in [-0.2, -0.15) is 0 Å². The van der Waals surface area contributed by atoms with Crippen molar-refractivity contribution in [1.82, 2.24) is 20.0 Å². The van der Waals surface area contributed by atoms with Crippen molar-refractivity contribution < 1.29 is 9.59 Å². The molecule has 5 rings (SSSR count). The quantitative estimate of drug-likeness (QED) is 0.598. The van der Waals surface area contributed by atoms with Crippen molar-refractivity contribution in [2.75, 3.05) is 19.6 Å². The summed E-state index contributed by atoms with van der Waals surface area (Å²) in [6, 6.07) is 8.63. The molecule has 4 aliphatic rings. The van der Waals surface area contributed by atoms with Crippen LogP contribution in [-0.2, 0) is 16.1 Å². The summed E-state index contributed by atoms with van der Waals surface area (Å²) in [7, 11) is 0. The van der Waals surface area contributed by atoms with Gasteiger partial charge in [0.1, 0.15) is 12.1 Å². The van der Waals surface area contributed by atoms with Crippen molar-refractivity contribution in [3.05, 3.63) is 34.9 Å². The van der Waals surface area contributed by atoms with Crippen LogP contribution in [-0.4, -0.2) is 75.4 Å². The number of halogens is 1. The first kappa shape index (κ1) is 27.0. The molecule has 0 radical (unpaired) electrons. The third kappa shape index (κ3) is 5.18. The molecule has 4 fully saturated rings. The molecule has 2 unspecified atom stereocenters. The Hall–Kier alpha value is -1.63. The van der Waals surface area contributed by atoms with E-state index in [1.165, 1.54) is 51.4 Å². The first-order chi connectivity index (χ1) is 17.7. The van der Waals surface area contributed by atoms with Gasteiger partial charge in [-0.25, -0.2) is 0 Å². The molecule has 1 N–H and O–H groups in total. The minimum Gasteiger partial charge on any atom is -0.329 e. The lowest BCUT2D eigenvalue weighted by Gasteiger charge is -2.63. The Bertz CT molecular complexity index is 964. The molecule has 0 aromatic heterocycles. The van der Waals surface area contributed by atoms with Crippen LogP contribution in [0.25, 0.3) is 0 Å². The van der Waals surface area contributed by atoms with Crippen molar-refractivity contribution in [3.8, 4) is 0 Å². The van der Waals surface area contributed by atoms with E-state index in [4.69, 9.17) is 11.6 Å². The molecule has 3 saturated heterocycles. The Balaban J connectivity index is 1.42. The Labute approximate surface area is 228 Å². The summed E-state index contributed by atoms with van der Waals surface area (Å²) in [6.07, 6.45) is 12.6. The molecule has 204 valence electrons. The maximum Gasteiger partial charge on any atom is 0.251 e. The van der Waals surface area contributed by atoms with Crippen LogP contribution < -0.4 is 5.32 Å². The minimum absolute atomic E-state index is 0.0120. The molecule has 1 saturated carbocycles. The zero-order valence-electron chi connectivity index (χ0n) is 23.0. The van der Waals surface area contributed by atoms with Crippen molar-refractivity contribution in [2.24, 2.45) is 0 Å². The number of nitrogens with zero attached hydrogens (tertiary/aromatic N) is 3. The number of nitrogens with one attached hydrogen (secondary N) is 1. The molecule has 1 aromatic rings. The number of carbonyl (C=O) groups excluding carboxylic acids is 2. The third-order valence-corrected chi connectivity index (χ3v) is 9.82. The predicted molar refractivity (Wildman–Crippen MR) is 148 cm³/mol. The van der Waals surface area contributed by atoms with Gasteiger partial charge in [-0.1, -0.05) is 62.3 Å². The summed E-state index contributed by atoms with van der Waals surface area (Å²) in [6.45, 7) is 8.25. The molecular formula is C30H45ClN4O2. The Morgan fingerprint density at radius 2 is 1.59 bits per heavy atom. The lowest BCUT2D eigenvalue weighted by atomic mass is 9.71. The number of likely N-dealkylation sites (tertiary alicyclic amines) is 1. The van der Waals surface area contributed by atoms with Crippen molar-refractivity contribution in [3.63, 3.8) is 0 Å². The second-order valence-corrected chi connectivity index (χ2v) is 12.9.